The van der Waals surface area contributed by atoms with Gasteiger partial charge in [0.1, 0.15) is 11.5 Å². The monoisotopic (exact) mass is 353 g/mol. The number of unbranched alkanes of at least 4 members (excludes halogenated alkanes) is 9. The van der Waals surface area contributed by atoms with E-state index >= 15 is 0 Å². The highest BCUT2D eigenvalue weighted by Gasteiger charge is 2.54. The minimum absolute atomic E-state index is 0.353. The van der Waals surface area contributed by atoms with E-state index in [1.165, 1.54) is 51.4 Å². The van der Waals surface area contributed by atoms with E-state index in [9.17, 15) is 9.90 Å². The zero-order chi connectivity index (χ0) is 19.6. The highest BCUT2D eigenvalue weighted by Crippen LogP contribution is 2.43. The van der Waals surface area contributed by atoms with Gasteiger partial charge in [0.05, 0.1) is 21.1 Å². The lowest BCUT2D eigenvalue weighted by Gasteiger charge is -2.54. The third-order valence-electron chi connectivity index (χ3n) is 5.95. The van der Waals surface area contributed by atoms with Crippen molar-refractivity contribution < 1.29 is 14.4 Å². The summed E-state index contributed by atoms with van der Waals surface area (Å²) in [5.74, 6) is -0.958. The maximum Gasteiger partial charge on any atom is 0.147 e. The molecule has 0 bridgehead atoms. The fourth-order valence-electron chi connectivity index (χ4n) is 4.20. The molecule has 3 heteroatoms. The molecule has 0 amide bonds. The van der Waals surface area contributed by atoms with Gasteiger partial charge in [-0.1, -0.05) is 70.8 Å². The van der Waals surface area contributed by atoms with E-state index in [0.717, 1.165) is 12.8 Å². The molecular weight excluding hydrogens is 310 g/mol. The summed E-state index contributed by atoms with van der Waals surface area (Å²) in [4.78, 5) is 12.2. The number of rotatable bonds is 15. The molecule has 0 aliphatic rings. The fourth-order valence-corrected chi connectivity index (χ4v) is 4.20. The molecule has 0 aromatic carbocycles. The van der Waals surface area contributed by atoms with Crippen LogP contribution in [-0.4, -0.2) is 37.1 Å². The van der Waals surface area contributed by atoms with Crippen LogP contribution >= 0.6 is 0 Å². The van der Waals surface area contributed by atoms with Crippen LogP contribution in [0.4, 0.5) is 0 Å². The van der Waals surface area contributed by atoms with Crippen molar-refractivity contribution in [2.75, 3.05) is 21.1 Å². The third-order valence-corrected chi connectivity index (χ3v) is 5.95. The molecular formula is C22H43NO2. The molecule has 0 aliphatic carbocycles. The van der Waals surface area contributed by atoms with Crippen LogP contribution in [0.3, 0.4) is 0 Å². The van der Waals surface area contributed by atoms with Crippen molar-refractivity contribution in [3.63, 3.8) is 0 Å². The summed E-state index contributed by atoms with van der Waals surface area (Å²) in [7, 11) is 5.87. The molecule has 1 atom stereocenters. The number of carbonyl (C=O) groups excluding carboxylic acids is 1. The van der Waals surface area contributed by atoms with Gasteiger partial charge in [0.15, 0.2) is 0 Å². The zero-order valence-corrected chi connectivity index (χ0v) is 17.8. The van der Waals surface area contributed by atoms with Gasteiger partial charge in [-0.25, -0.2) is 0 Å². The topological polar surface area (TPSA) is 40.1 Å². The van der Waals surface area contributed by atoms with Gasteiger partial charge >= 0.3 is 0 Å². The molecule has 0 aromatic rings. The Hall–Kier alpha value is -0.830. The Labute approximate surface area is 157 Å². The van der Waals surface area contributed by atoms with E-state index in [-0.39, 0.29) is 0 Å². The van der Waals surface area contributed by atoms with Crippen molar-refractivity contribution >= 4 is 5.97 Å². The van der Waals surface area contributed by atoms with Gasteiger partial charge in [-0.2, -0.15) is 0 Å². The number of hydrogen-bond acceptors (Lipinski definition) is 2. The second kappa shape index (κ2) is 11.0. The van der Waals surface area contributed by atoms with E-state index < -0.39 is 16.9 Å². The zero-order valence-electron chi connectivity index (χ0n) is 17.8. The van der Waals surface area contributed by atoms with E-state index in [1.807, 2.05) is 35.0 Å². The Morgan fingerprint density at radius 3 is 1.64 bits per heavy atom. The van der Waals surface area contributed by atoms with Gasteiger partial charge in [0.2, 0.25) is 0 Å². The number of likely N-dealkylation sites (N-methyl/N-ethyl adjacent to an activating group) is 1. The molecule has 0 saturated carbocycles. The molecule has 1 unspecified atom stereocenters. The van der Waals surface area contributed by atoms with Crippen LogP contribution in [0.15, 0.2) is 12.7 Å². The number of carboxylic acid groups (broad SMARTS) is 1. The first kappa shape index (κ1) is 24.2. The second-order valence-electron chi connectivity index (χ2n) is 9.02. The van der Waals surface area contributed by atoms with Crippen molar-refractivity contribution in [1.82, 2.24) is 0 Å². The average Bonchev–Trinajstić information content (AvgIpc) is 2.50. The van der Waals surface area contributed by atoms with Crippen LogP contribution in [0, 0.1) is 5.41 Å². The van der Waals surface area contributed by atoms with Gasteiger partial charge in [-0.05, 0) is 20.3 Å². The van der Waals surface area contributed by atoms with E-state index in [0.29, 0.717) is 10.9 Å². The van der Waals surface area contributed by atoms with Crippen LogP contribution in [0.25, 0.3) is 0 Å². The van der Waals surface area contributed by atoms with Crippen molar-refractivity contribution in [2.45, 2.75) is 96.9 Å². The highest BCUT2D eigenvalue weighted by atomic mass is 16.4. The largest absolute Gasteiger partial charge is 0.544 e. The van der Waals surface area contributed by atoms with E-state index in [4.69, 9.17) is 0 Å². The lowest BCUT2D eigenvalue weighted by Crippen LogP contribution is -2.72. The molecule has 0 fully saturated rings. The second-order valence-corrected chi connectivity index (χ2v) is 9.02. The number of carbonyl (C=O) groups is 1. The van der Waals surface area contributed by atoms with Crippen LogP contribution < -0.4 is 5.11 Å². The molecule has 3 nitrogen and oxygen atoms in total. The number of carboxylic acids is 1. The van der Waals surface area contributed by atoms with E-state index in [2.05, 4.69) is 13.5 Å². The molecule has 0 saturated heterocycles. The minimum atomic E-state index is -0.958. The molecule has 0 rings (SSSR count). The highest BCUT2D eigenvalue weighted by molar-refractivity contribution is 5.77. The summed E-state index contributed by atoms with van der Waals surface area (Å²) < 4.78 is 0.353. The Bertz CT molecular complexity index is 395. The molecule has 0 aromatic heterocycles. The molecule has 148 valence electrons. The Morgan fingerprint density at radius 2 is 1.32 bits per heavy atom. The van der Waals surface area contributed by atoms with Gasteiger partial charge in [0, 0.05) is 11.8 Å². The Balaban J connectivity index is 4.48. The van der Waals surface area contributed by atoms with Gasteiger partial charge in [-0.3, -0.25) is 0 Å². The maximum atomic E-state index is 12.2. The first-order chi connectivity index (χ1) is 11.6. The van der Waals surface area contributed by atoms with Crippen LogP contribution in [0.2, 0.25) is 0 Å². The molecule has 0 aliphatic heterocycles. The van der Waals surface area contributed by atoms with Crippen molar-refractivity contribution in [1.29, 1.82) is 0 Å². The number of nitrogens with zero attached hydrogens (tertiary/aromatic N) is 1. The molecule has 0 spiro atoms. The average molecular weight is 354 g/mol. The van der Waals surface area contributed by atoms with Crippen LogP contribution in [-0.2, 0) is 4.79 Å². The summed E-state index contributed by atoms with van der Waals surface area (Å²) in [5.41, 5.74) is -1.47. The van der Waals surface area contributed by atoms with Crippen LogP contribution in [0.1, 0.15) is 91.4 Å². The predicted molar refractivity (Wildman–Crippen MR) is 106 cm³/mol. The normalized spacial score (nSPS) is 15.0. The smallest absolute Gasteiger partial charge is 0.147 e. The number of quaternary nitrogens is 1. The maximum absolute atomic E-state index is 12.2. The summed E-state index contributed by atoms with van der Waals surface area (Å²) >= 11 is 0. The quantitative estimate of drug-likeness (QED) is 0.243. The SMILES string of the molecule is C=CC(C)(C)C(CCCCCCCCCCCC)(C(=O)[O-])[N+](C)(C)C. The molecule has 0 heterocycles. The summed E-state index contributed by atoms with van der Waals surface area (Å²) in [6.07, 6.45) is 14.9. The first-order valence-corrected chi connectivity index (χ1v) is 10.2. The van der Waals surface area contributed by atoms with Crippen molar-refractivity contribution in [3.8, 4) is 0 Å². The lowest BCUT2D eigenvalue weighted by molar-refractivity contribution is -0.924. The van der Waals surface area contributed by atoms with Crippen molar-refractivity contribution in [2.24, 2.45) is 5.41 Å². The van der Waals surface area contributed by atoms with Crippen molar-refractivity contribution in [3.05, 3.63) is 12.7 Å². The number of aliphatic carboxylic acids is 1. The lowest BCUT2D eigenvalue weighted by atomic mass is 9.67. The summed E-state index contributed by atoms with van der Waals surface area (Å²) in [5, 5.41) is 12.2. The van der Waals surface area contributed by atoms with Crippen LogP contribution in [0.5, 0.6) is 0 Å². The Morgan fingerprint density at radius 1 is 0.920 bits per heavy atom. The third kappa shape index (κ3) is 6.77. The standard InChI is InChI=1S/C22H43NO2/c1-8-10-11-12-13-14-15-16-17-18-19-22(20(24)25,23(5,6)7)21(3,4)9-2/h9H,2,8,10-19H2,1,3-7H3. The minimum Gasteiger partial charge on any atom is -0.544 e. The summed E-state index contributed by atoms with van der Waals surface area (Å²) in [6.45, 7) is 10.1. The summed E-state index contributed by atoms with van der Waals surface area (Å²) in [6, 6.07) is 0. The van der Waals surface area contributed by atoms with Gasteiger partial charge in [-0.15, -0.1) is 6.58 Å². The molecule has 0 N–H and O–H groups in total. The molecule has 25 heavy (non-hydrogen) atoms. The van der Waals surface area contributed by atoms with Gasteiger partial charge in [0.25, 0.3) is 0 Å². The molecule has 0 radical (unpaired) electrons. The first-order valence-electron chi connectivity index (χ1n) is 10.2. The Kier molecular flexibility index (Phi) is 10.6. The number of hydrogen-bond donors (Lipinski definition) is 0. The van der Waals surface area contributed by atoms with Gasteiger partial charge < -0.3 is 14.4 Å². The van der Waals surface area contributed by atoms with E-state index in [1.54, 1.807) is 6.08 Å². The predicted octanol–water partition coefficient (Wildman–Crippen LogP) is 4.70. The fraction of sp³-hybridized carbons (Fsp3) is 0.864.